The van der Waals surface area contributed by atoms with Crippen molar-refractivity contribution in [2.75, 3.05) is 18.1 Å². The summed E-state index contributed by atoms with van der Waals surface area (Å²) < 4.78 is 26.1. The Labute approximate surface area is 116 Å². The number of hydrogen-bond donors (Lipinski definition) is 2. The largest absolute Gasteiger partial charge is 0.478 e. The molecule has 0 amide bonds. The molecule has 0 saturated carbocycles. The van der Waals surface area contributed by atoms with Crippen LogP contribution in [0.3, 0.4) is 0 Å². The van der Waals surface area contributed by atoms with E-state index >= 15 is 0 Å². The zero-order valence-corrected chi connectivity index (χ0v) is 11.6. The minimum atomic E-state index is -3.60. The highest BCUT2D eigenvalue weighted by Gasteiger charge is 2.13. The Kier molecular flexibility index (Phi) is 5.89. The molecule has 0 spiro atoms. The van der Waals surface area contributed by atoms with Crippen LogP contribution in [0.4, 0.5) is 0 Å². The van der Waals surface area contributed by atoms with Gasteiger partial charge in [-0.3, -0.25) is 0 Å². The van der Waals surface area contributed by atoms with Crippen molar-refractivity contribution in [1.82, 2.24) is 4.72 Å². The molecule has 0 radical (unpaired) electrons. The second kappa shape index (κ2) is 7.19. The Morgan fingerprint density at radius 3 is 2.53 bits per heavy atom. The summed E-state index contributed by atoms with van der Waals surface area (Å²) in [5.74, 6) is 2.47. The number of hydrogen-bond acceptors (Lipinski definition) is 4. The monoisotopic (exact) mass is 299 g/mol. The molecule has 1 rings (SSSR count). The van der Waals surface area contributed by atoms with Crippen molar-refractivity contribution in [2.24, 2.45) is 0 Å². The molecule has 19 heavy (non-hydrogen) atoms. The van der Waals surface area contributed by atoms with E-state index in [9.17, 15) is 13.2 Å². The molecular weight excluding hydrogens is 286 g/mol. The van der Waals surface area contributed by atoms with Crippen LogP contribution in [0.25, 0.3) is 0 Å². The van der Waals surface area contributed by atoms with Crippen molar-refractivity contribution in [3.8, 4) is 12.3 Å². The van der Waals surface area contributed by atoms with Gasteiger partial charge < -0.3 is 5.11 Å². The number of terminal acetylenes is 1. The Bertz CT molecular complexity index is 573. The summed E-state index contributed by atoms with van der Waals surface area (Å²) in [7, 11) is -3.60. The number of carboxylic acid groups (broad SMARTS) is 1. The van der Waals surface area contributed by atoms with Crippen LogP contribution in [0.15, 0.2) is 29.2 Å². The molecule has 0 aliphatic rings. The Hall–Kier alpha value is -1.49. The predicted molar refractivity (Wildman–Crippen MR) is 74.7 cm³/mol. The van der Waals surface area contributed by atoms with Crippen molar-refractivity contribution >= 4 is 27.8 Å². The van der Waals surface area contributed by atoms with Crippen molar-refractivity contribution in [1.29, 1.82) is 0 Å². The van der Waals surface area contributed by atoms with Crippen LogP contribution in [0.1, 0.15) is 10.4 Å². The third-order valence-electron chi connectivity index (χ3n) is 2.14. The topological polar surface area (TPSA) is 83.5 Å². The van der Waals surface area contributed by atoms with Crippen molar-refractivity contribution in [3.63, 3.8) is 0 Å². The minimum absolute atomic E-state index is 0.0412. The molecular formula is C12H13NO4S2. The second-order valence-electron chi connectivity index (χ2n) is 3.48. The van der Waals surface area contributed by atoms with E-state index in [4.69, 9.17) is 11.5 Å². The number of aromatic carboxylic acids is 1. The molecule has 0 aliphatic heterocycles. The number of carboxylic acids is 1. The smallest absolute Gasteiger partial charge is 0.335 e. The first-order valence-corrected chi connectivity index (χ1v) is 7.95. The number of rotatable bonds is 7. The van der Waals surface area contributed by atoms with Crippen LogP contribution in [-0.2, 0) is 10.0 Å². The molecule has 1 aromatic rings. The lowest BCUT2D eigenvalue weighted by Gasteiger charge is -2.06. The molecule has 0 unspecified atom stereocenters. The third-order valence-corrected chi connectivity index (χ3v) is 4.48. The third kappa shape index (κ3) is 4.95. The molecule has 0 aliphatic carbocycles. The van der Waals surface area contributed by atoms with Gasteiger partial charge in [-0.1, -0.05) is 5.92 Å². The predicted octanol–water partition coefficient (Wildman–Crippen LogP) is 1.03. The van der Waals surface area contributed by atoms with Gasteiger partial charge in [0.25, 0.3) is 0 Å². The van der Waals surface area contributed by atoms with Crippen LogP contribution in [-0.4, -0.2) is 37.5 Å². The maximum absolute atomic E-state index is 11.8. The first kappa shape index (κ1) is 15.6. The fourth-order valence-electron chi connectivity index (χ4n) is 1.24. The molecule has 1 aromatic carbocycles. The van der Waals surface area contributed by atoms with Gasteiger partial charge in [0.1, 0.15) is 0 Å². The molecule has 0 aromatic heterocycles. The molecule has 2 N–H and O–H groups in total. The van der Waals surface area contributed by atoms with Crippen molar-refractivity contribution < 1.29 is 18.3 Å². The molecule has 0 bridgehead atoms. The normalized spacial score (nSPS) is 10.9. The molecule has 5 nitrogen and oxygen atoms in total. The first-order valence-electron chi connectivity index (χ1n) is 5.31. The highest BCUT2D eigenvalue weighted by molar-refractivity contribution is 7.99. The Morgan fingerprint density at radius 1 is 1.37 bits per heavy atom. The second-order valence-corrected chi connectivity index (χ2v) is 6.36. The first-order chi connectivity index (χ1) is 8.97. The highest BCUT2D eigenvalue weighted by atomic mass is 32.2. The maximum atomic E-state index is 11.8. The fraction of sp³-hybridized carbons (Fsp3) is 0.250. The summed E-state index contributed by atoms with van der Waals surface area (Å²) in [5.41, 5.74) is 0.0449. The van der Waals surface area contributed by atoms with E-state index in [1.54, 1.807) is 0 Å². The zero-order valence-electron chi connectivity index (χ0n) is 10.00. The van der Waals surface area contributed by atoms with Crippen LogP contribution >= 0.6 is 11.8 Å². The lowest BCUT2D eigenvalue weighted by molar-refractivity contribution is 0.0696. The van der Waals surface area contributed by atoms with E-state index in [0.717, 1.165) is 0 Å². The summed E-state index contributed by atoms with van der Waals surface area (Å²) in [6, 6.07) is 5.04. The lowest BCUT2D eigenvalue weighted by Crippen LogP contribution is -2.26. The van der Waals surface area contributed by atoms with E-state index in [2.05, 4.69) is 10.6 Å². The van der Waals surface area contributed by atoms with Gasteiger partial charge in [0.2, 0.25) is 10.0 Å². The maximum Gasteiger partial charge on any atom is 0.335 e. The van der Waals surface area contributed by atoms with Gasteiger partial charge in [0, 0.05) is 12.3 Å². The van der Waals surface area contributed by atoms with E-state index in [1.807, 2.05) is 0 Å². The van der Waals surface area contributed by atoms with E-state index in [0.29, 0.717) is 11.5 Å². The van der Waals surface area contributed by atoms with Gasteiger partial charge in [0.05, 0.1) is 16.2 Å². The Morgan fingerprint density at radius 2 is 2.00 bits per heavy atom. The van der Waals surface area contributed by atoms with Gasteiger partial charge in [-0.15, -0.1) is 18.2 Å². The molecule has 0 atom stereocenters. The number of benzene rings is 1. The van der Waals surface area contributed by atoms with Gasteiger partial charge in [0.15, 0.2) is 0 Å². The number of nitrogens with one attached hydrogen (secondary N) is 1. The standard InChI is InChI=1S/C12H13NO4S2/c1-2-8-18-9-7-13-19(16,17)11-5-3-10(4-6-11)12(14)15/h1,3-6,13H,7-9H2,(H,14,15). The summed E-state index contributed by atoms with van der Waals surface area (Å²) in [5, 5.41) is 8.72. The number of carbonyl (C=O) groups is 1. The zero-order chi connectivity index (χ0) is 14.3. The average Bonchev–Trinajstić information content (AvgIpc) is 2.38. The van der Waals surface area contributed by atoms with E-state index in [-0.39, 0.29) is 17.0 Å². The van der Waals surface area contributed by atoms with Crippen LogP contribution in [0.5, 0.6) is 0 Å². The molecule has 0 heterocycles. The van der Waals surface area contributed by atoms with Crippen molar-refractivity contribution in [3.05, 3.63) is 29.8 Å². The quantitative estimate of drug-likeness (QED) is 0.580. The Balaban J connectivity index is 2.62. The number of thioether (sulfide) groups is 1. The van der Waals surface area contributed by atoms with Gasteiger partial charge >= 0.3 is 5.97 Å². The summed E-state index contributed by atoms with van der Waals surface area (Å²) in [6.45, 7) is 0.273. The summed E-state index contributed by atoms with van der Waals surface area (Å²) in [4.78, 5) is 10.7. The van der Waals surface area contributed by atoms with Crippen LogP contribution < -0.4 is 4.72 Å². The van der Waals surface area contributed by atoms with Crippen LogP contribution in [0.2, 0.25) is 0 Å². The van der Waals surface area contributed by atoms with Gasteiger partial charge in [-0.2, -0.15) is 0 Å². The lowest BCUT2D eigenvalue weighted by atomic mass is 10.2. The average molecular weight is 299 g/mol. The van der Waals surface area contributed by atoms with Gasteiger partial charge in [-0.05, 0) is 24.3 Å². The molecule has 102 valence electrons. The van der Waals surface area contributed by atoms with Gasteiger partial charge in [-0.25, -0.2) is 17.9 Å². The SMILES string of the molecule is C#CCSCCNS(=O)(=O)c1ccc(C(=O)O)cc1. The fourth-order valence-corrected chi connectivity index (χ4v) is 2.91. The molecule has 0 saturated heterocycles. The van der Waals surface area contributed by atoms with E-state index in [1.165, 1.54) is 36.0 Å². The summed E-state index contributed by atoms with van der Waals surface area (Å²) >= 11 is 1.45. The van der Waals surface area contributed by atoms with Crippen molar-refractivity contribution in [2.45, 2.75) is 4.90 Å². The number of sulfonamides is 1. The highest BCUT2D eigenvalue weighted by Crippen LogP contribution is 2.10. The summed E-state index contributed by atoms with van der Waals surface area (Å²) in [6.07, 6.45) is 5.07. The molecule has 0 fully saturated rings. The minimum Gasteiger partial charge on any atom is -0.478 e. The van der Waals surface area contributed by atoms with Crippen LogP contribution in [0, 0.1) is 12.3 Å². The molecule has 7 heteroatoms. The van der Waals surface area contributed by atoms with E-state index < -0.39 is 16.0 Å².